The zero-order valence-electron chi connectivity index (χ0n) is 16.0. The first kappa shape index (κ1) is 22.3. The van der Waals surface area contributed by atoms with Crippen LogP contribution in [0.25, 0.3) is 0 Å². The van der Waals surface area contributed by atoms with Crippen molar-refractivity contribution in [1.29, 1.82) is 5.26 Å². The number of nitriles is 1. The van der Waals surface area contributed by atoms with E-state index in [-0.39, 0.29) is 11.1 Å². The lowest BCUT2D eigenvalue weighted by Crippen LogP contribution is -2.44. The molecule has 3 aliphatic carbocycles. The first-order valence-corrected chi connectivity index (χ1v) is 11.1. The second-order valence-electron chi connectivity index (χ2n) is 8.17. The van der Waals surface area contributed by atoms with Gasteiger partial charge in [0, 0.05) is 11.0 Å². The molecule has 2 bridgehead atoms. The Balaban J connectivity index is 2.06. The van der Waals surface area contributed by atoms with E-state index < -0.39 is 56.6 Å². The van der Waals surface area contributed by atoms with Crippen molar-refractivity contribution in [3.8, 4) is 6.07 Å². The zero-order chi connectivity index (χ0) is 22.4. The average Bonchev–Trinajstić information content (AvgIpc) is 2.67. The van der Waals surface area contributed by atoms with Crippen LogP contribution >= 0.6 is 0 Å². The zero-order valence-corrected chi connectivity index (χ0v) is 16.8. The van der Waals surface area contributed by atoms with Gasteiger partial charge in [0.25, 0.3) is 5.91 Å². The molecule has 3 N–H and O–H groups in total. The number of primary amides is 1. The van der Waals surface area contributed by atoms with E-state index in [9.17, 15) is 31.6 Å². The number of halogens is 4. The quantitative estimate of drug-likeness (QED) is 0.647. The monoisotopic (exact) mass is 447 g/mol. The summed E-state index contributed by atoms with van der Waals surface area (Å²) >= 11 is 0. The van der Waals surface area contributed by atoms with Crippen molar-refractivity contribution in [3.05, 3.63) is 29.1 Å². The highest BCUT2D eigenvalue weighted by atomic mass is 32.2. The number of fused-ring (bicyclic) bond motifs is 3. The fourth-order valence-corrected chi connectivity index (χ4v) is 5.72. The lowest BCUT2D eigenvalue weighted by Gasteiger charge is -2.51. The lowest BCUT2D eigenvalue weighted by molar-refractivity contribution is -0.129. The number of amides is 1. The molecule has 0 unspecified atom stereocenters. The molecule has 0 atom stereocenters. The van der Waals surface area contributed by atoms with Gasteiger partial charge in [0.1, 0.15) is 5.82 Å². The van der Waals surface area contributed by atoms with E-state index in [1.165, 1.54) is 0 Å². The number of nitrogens with one attached hydrogen (secondary N) is 1. The molecular weight excluding hydrogens is 426 g/mol. The maximum atomic E-state index is 15.0. The number of nitrogens with zero attached hydrogens (tertiary/aromatic N) is 1. The van der Waals surface area contributed by atoms with Crippen LogP contribution in [0.4, 0.5) is 23.2 Å². The Labute approximate surface area is 171 Å². The Morgan fingerprint density at radius 1 is 1.17 bits per heavy atom. The van der Waals surface area contributed by atoms with Crippen LogP contribution < -0.4 is 10.5 Å². The molecule has 0 heterocycles. The van der Waals surface area contributed by atoms with Gasteiger partial charge in [-0.05, 0) is 50.7 Å². The highest BCUT2D eigenvalue weighted by Crippen LogP contribution is 2.59. The first-order chi connectivity index (χ1) is 13.8. The summed E-state index contributed by atoms with van der Waals surface area (Å²) in [6, 6.07) is 4.35. The summed E-state index contributed by atoms with van der Waals surface area (Å²) in [5.41, 5.74) is 3.27. The smallest absolute Gasteiger partial charge is 0.366 e. The number of carbonyl (C=O) groups excluding carboxylic acids is 1. The van der Waals surface area contributed by atoms with E-state index >= 15 is 4.39 Å². The topological polar surface area (TPSA) is 113 Å². The lowest BCUT2D eigenvalue weighted by atomic mass is 9.52. The number of hydrogen-bond donors (Lipinski definition) is 2. The molecule has 3 fully saturated rings. The number of anilines is 1. The van der Waals surface area contributed by atoms with Crippen LogP contribution in [0.2, 0.25) is 0 Å². The summed E-state index contributed by atoms with van der Waals surface area (Å²) in [7, 11) is -4.54. The molecule has 3 aliphatic rings. The van der Waals surface area contributed by atoms with Crippen molar-refractivity contribution in [2.24, 2.45) is 11.1 Å². The van der Waals surface area contributed by atoms with Gasteiger partial charge in [-0.3, -0.25) is 9.52 Å². The summed E-state index contributed by atoms with van der Waals surface area (Å²) in [6.07, 6.45) is -3.62. The minimum absolute atomic E-state index is 0.0550. The summed E-state index contributed by atoms with van der Waals surface area (Å²) < 4.78 is 79.2. The summed E-state index contributed by atoms with van der Waals surface area (Å²) in [5, 5.41) is 9.46. The Bertz CT molecular complexity index is 991. The number of alkyl halides is 3. The van der Waals surface area contributed by atoms with Gasteiger partial charge in [0.05, 0.1) is 34.9 Å². The third kappa shape index (κ3) is 4.24. The highest BCUT2D eigenvalue weighted by Gasteiger charge is 2.52. The summed E-state index contributed by atoms with van der Waals surface area (Å²) in [6.45, 7) is 0. The molecule has 6 nitrogen and oxygen atoms in total. The molecular formula is C19H21F4N3O3S. The second kappa shape index (κ2) is 7.41. The Morgan fingerprint density at radius 3 is 2.20 bits per heavy atom. The summed E-state index contributed by atoms with van der Waals surface area (Å²) in [4.78, 5) is 11.9. The van der Waals surface area contributed by atoms with E-state index in [1.54, 1.807) is 0 Å². The van der Waals surface area contributed by atoms with E-state index in [4.69, 9.17) is 5.73 Å². The van der Waals surface area contributed by atoms with Crippen molar-refractivity contribution in [1.82, 2.24) is 0 Å². The fraction of sp³-hybridized carbons (Fsp3) is 0.579. The largest absolute Gasteiger partial charge is 0.390 e. The minimum atomic E-state index is -4.70. The van der Waals surface area contributed by atoms with Gasteiger partial charge in [-0.2, -0.15) is 18.4 Å². The van der Waals surface area contributed by atoms with Gasteiger partial charge < -0.3 is 5.73 Å². The van der Waals surface area contributed by atoms with Crippen LogP contribution in [-0.2, 0) is 15.4 Å². The summed E-state index contributed by atoms with van der Waals surface area (Å²) in [5.74, 6) is -3.06. The normalized spacial score (nSPS) is 26.2. The van der Waals surface area contributed by atoms with E-state index in [0.29, 0.717) is 38.5 Å². The predicted octanol–water partition coefficient (Wildman–Crippen LogP) is 3.73. The van der Waals surface area contributed by atoms with Gasteiger partial charge >= 0.3 is 6.18 Å². The van der Waals surface area contributed by atoms with Crippen LogP contribution in [0.5, 0.6) is 0 Å². The Morgan fingerprint density at radius 2 is 1.73 bits per heavy atom. The van der Waals surface area contributed by atoms with Gasteiger partial charge in [0.2, 0.25) is 10.0 Å². The maximum absolute atomic E-state index is 15.0. The first-order valence-electron chi connectivity index (χ1n) is 9.43. The number of hydrogen-bond acceptors (Lipinski definition) is 4. The van der Waals surface area contributed by atoms with E-state index in [2.05, 4.69) is 6.07 Å². The molecule has 0 radical (unpaired) electrons. The number of rotatable bonds is 6. The Hall–Kier alpha value is -2.35. The van der Waals surface area contributed by atoms with Gasteiger partial charge in [-0.1, -0.05) is 0 Å². The number of sulfonamides is 1. The number of benzene rings is 1. The van der Waals surface area contributed by atoms with Gasteiger partial charge in [-0.15, -0.1) is 0 Å². The van der Waals surface area contributed by atoms with Crippen LogP contribution in [-0.4, -0.2) is 26.3 Å². The number of carbonyl (C=O) groups is 1. The standard InChI is InChI=1S/C19H21F4N3O3S/c20-13-2-1-12(16(25)27)15(26-30(28,29)10-9-19(21,22)23)14(13)18-6-3-17(11-24,4-7-18)5-8-18/h1-2,26H,3-10H2,(H2,25,27). The molecule has 0 spiro atoms. The molecule has 0 saturated heterocycles. The molecule has 0 aliphatic heterocycles. The second-order valence-corrected chi connectivity index (χ2v) is 10.0. The fourth-order valence-electron chi connectivity index (χ4n) is 4.59. The van der Waals surface area contributed by atoms with Crippen molar-refractivity contribution >= 4 is 21.6 Å². The molecule has 3 saturated carbocycles. The molecule has 4 rings (SSSR count). The average molecular weight is 447 g/mol. The van der Waals surface area contributed by atoms with Gasteiger partial charge in [0.15, 0.2) is 0 Å². The van der Waals surface area contributed by atoms with Crippen LogP contribution in [0.1, 0.15) is 60.9 Å². The molecule has 0 aromatic heterocycles. The maximum Gasteiger partial charge on any atom is 0.390 e. The van der Waals surface area contributed by atoms with Crippen molar-refractivity contribution < 1.29 is 30.8 Å². The SMILES string of the molecule is N#CC12CCC(c3c(F)ccc(C(N)=O)c3NS(=O)(=O)CCC(F)(F)F)(CC1)CC2. The Kier molecular flexibility index (Phi) is 5.52. The van der Waals surface area contributed by atoms with Crippen molar-refractivity contribution in [3.63, 3.8) is 0 Å². The third-order valence-corrected chi connectivity index (χ3v) is 7.60. The molecule has 164 valence electrons. The van der Waals surface area contributed by atoms with Crippen LogP contribution in [0.3, 0.4) is 0 Å². The predicted molar refractivity (Wildman–Crippen MR) is 100 cm³/mol. The molecule has 11 heteroatoms. The van der Waals surface area contributed by atoms with Crippen LogP contribution in [0.15, 0.2) is 12.1 Å². The van der Waals surface area contributed by atoms with Crippen molar-refractivity contribution in [2.75, 3.05) is 10.5 Å². The molecule has 1 aromatic rings. The molecule has 30 heavy (non-hydrogen) atoms. The third-order valence-electron chi connectivity index (χ3n) is 6.35. The molecule has 1 amide bonds. The van der Waals surface area contributed by atoms with E-state index in [1.807, 2.05) is 4.72 Å². The minimum Gasteiger partial charge on any atom is -0.366 e. The number of nitrogens with two attached hydrogens (primary N) is 1. The highest BCUT2D eigenvalue weighted by molar-refractivity contribution is 7.92. The van der Waals surface area contributed by atoms with Crippen LogP contribution in [0, 0.1) is 22.6 Å². The molecule has 1 aromatic carbocycles. The van der Waals surface area contributed by atoms with Gasteiger partial charge in [-0.25, -0.2) is 12.8 Å². The van der Waals surface area contributed by atoms with Crippen molar-refractivity contribution in [2.45, 2.75) is 56.5 Å². The van der Waals surface area contributed by atoms with E-state index in [0.717, 1.165) is 12.1 Å².